The minimum absolute atomic E-state index is 0.0800. The van der Waals surface area contributed by atoms with E-state index in [1.807, 2.05) is 6.92 Å². The van der Waals surface area contributed by atoms with E-state index in [1.54, 1.807) is 30.3 Å². The van der Waals surface area contributed by atoms with Crippen LogP contribution in [-0.4, -0.2) is 68.9 Å². The van der Waals surface area contributed by atoms with E-state index in [4.69, 9.17) is 7.85 Å². The molecule has 1 unspecified atom stereocenters. The fourth-order valence-electron chi connectivity index (χ4n) is 2.97. The van der Waals surface area contributed by atoms with Gasteiger partial charge in [0.1, 0.15) is 22.9 Å². The van der Waals surface area contributed by atoms with E-state index in [-0.39, 0.29) is 30.7 Å². The van der Waals surface area contributed by atoms with Gasteiger partial charge in [-0.25, -0.2) is 13.9 Å². The molecule has 3 aromatic rings. The van der Waals surface area contributed by atoms with Gasteiger partial charge in [0.25, 0.3) is 5.91 Å². The number of hydrogen-bond donors (Lipinski definition) is 3. The van der Waals surface area contributed by atoms with Crippen LogP contribution in [0.5, 0.6) is 0 Å². The Labute approximate surface area is 180 Å². The van der Waals surface area contributed by atoms with Crippen molar-refractivity contribution >= 4 is 25.2 Å². The lowest BCUT2D eigenvalue weighted by Gasteiger charge is -2.23. The molecule has 0 aliphatic rings. The highest BCUT2D eigenvalue weighted by molar-refractivity contribution is 6.12. The van der Waals surface area contributed by atoms with Crippen LogP contribution in [0.3, 0.4) is 0 Å². The normalized spacial score (nSPS) is 12.7. The van der Waals surface area contributed by atoms with Crippen molar-refractivity contribution in [2.45, 2.75) is 37.9 Å². The smallest absolute Gasteiger partial charge is 0.256 e. The van der Waals surface area contributed by atoms with E-state index in [0.717, 1.165) is 5.69 Å². The molecule has 0 saturated carbocycles. The Morgan fingerprint density at radius 3 is 2.81 bits per heavy atom. The number of anilines is 1. The third-order valence-corrected chi connectivity index (χ3v) is 4.80. The molecule has 0 bridgehead atoms. The van der Waals surface area contributed by atoms with Crippen molar-refractivity contribution in [1.29, 1.82) is 0 Å². The molecule has 3 aromatic heterocycles. The number of aromatic nitrogens is 4. The lowest BCUT2D eigenvalue weighted by molar-refractivity contribution is -0.0881. The highest BCUT2D eigenvalue weighted by Gasteiger charge is 2.19. The molecule has 0 spiro atoms. The van der Waals surface area contributed by atoms with E-state index < -0.39 is 5.69 Å². The number of rotatable bonds is 9. The van der Waals surface area contributed by atoms with E-state index in [1.165, 1.54) is 23.0 Å². The predicted molar refractivity (Wildman–Crippen MR) is 113 cm³/mol. The third-order valence-electron chi connectivity index (χ3n) is 4.80. The molecule has 0 fully saturated rings. The molecule has 162 valence electrons. The van der Waals surface area contributed by atoms with Crippen molar-refractivity contribution in [2.75, 3.05) is 18.5 Å². The Balaban J connectivity index is 1.65. The molecular weight excluding hydrogens is 402 g/mol. The molecule has 3 N–H and O–H groups in total. The van der Waals surface area contributed by atoms with E-state index in [2.05, 4.69) is 20.4 Å². The van der Waals surface area contributed by atoms with Gasteiger partial charge in [-0.3, -0.25) is 9.78 Å². The summed E-state index contributed by atoms with van der Waals surface area (Å²) in [5.41, 5.74) is -0.819. The zero-order chi connectivity index (χ0) is 22.6. The first-order valence-electron chi connectivity index (χ1n) is 9.83. The SMILES string of the molecule is [B]C(O)(O)CCN(C)c1ccn2ncc(C(=O)NC(C)CCc3ccc(F)cn3)c2n1. The van der Waals surface area contributed by atoms with Crippen LogP contribution in [0, 0.1) is 5.82 Å². The zero-order valence-corrected chi connectivity index (χ0v) is 17.4. The summed E-state index contributed by atoms with van der Waals surface area (Å²) in [6.07, 6.45) is 5.44. The first-order chi connectivity index (χ1) is 14.6. The van der Waals surface area contributed by atoms with Gasteiger partial charge in [0.15, 0.2) is 13.5 Å². The Kier molecular flexibility index (Phi) is 6.86. The number of carbonyl (C=O) groups excluding carboxylic acids is 1. The Bertz CT molecular complexity index is 1040. The van der Waals surface area contributed by atoms with Crippen LogP contribution in [0.25, 0.3) is 5.65 Å². The molecule has 0 aliphatic carbocycles. The standard InChI is InChI=1S/C20H24BFN6O3/c1-13(3-5-15-6-4-14(22)11-23-15)25-19(29)16-12-24-28-9-7-17(26-18(16)28)27(2)10-8-20(21,30)31/h4,6-7,9,11-13,30-31H,3,5,8,10H2,1-2H3,(H,25,29). The second-order valence-corrected chi connectivity index (χ2v) is 7.54. The van der Waals surface area contributed by atoms with Crippen LogP contribution < -0.4 is 10.2 Å². The fraction of sp³-hybridized carbons (Fsp3) is 0.400. The summed E-state index contributed by atoms with van der Waals surface area (Å²) in [5.74, 6) is -0.166. The van der Waals surface area contributed by atoms with Crippen molar-refractivity contribution in [3.8, 4) is 0 Å². The zero-order valence-electron chi connectivity index (χ0n) is 17.4. The van der Waals surface area contributed by atoms with Crippen LogP contribution in [-0.2, 0) is 6.42 Å². The van der Waals surface area contributed by atoms with Crippen LogP contribution in [0.4, 0.5) is 10.2 Å². The number of fused-ring (bicyclic) bond motifs is 1. The molecule has 3 rings (SSSR count). The van der Waals surface area contributed by atoms with Crippen molar-refractivity contribution in [3.63, 3.8) is 0 Å². The summed E-state index contributed by atoms with van der Waals surface area (Å²) in [6, 6.07) is 4.54. The minimum atomic E-state index is -2.26. The highest BCUT2D eigenvalue weighted by Crippen LogP contribution is 2.16. The fourth-order valence-corrected chi connectivity index (χ4v) is 2.97. The van der Waals surface area contributed by atoms with Gasteiger partial charge in [0.05, 0.1) is 12.4 Å². The molecule has 31 heavy (non-hydrogen) atoms. The molecule has 0 aliphatic heterocycles. The number of carbonyl (C=O) groups is 1. The maximum absolute atomic E-state index is 13.0. The molecule has 2 radical (unpaired) electrons. The van der Waals surface area contributed by atoms with Crippen molar-refractivity contribution in [1.82, 2.24) is 24.9 Å². The number of halogens is 1. The Morgan fingerprint density at radius 2 is 2.13 bits per heavy atom. The van der Waals surface area contributed by atoms with Crippen molar-refractivity contribution < 1.29 is 19.4 Å². The minimum Gasteiger partial charge on any atom is -0.375 e. The van der Waals surface area contributed by atoms with Gasteiger partial charge in [-0.2, -0.15) is 5.10 Å². The molecule has 0 saturated heterocycles. The first-order valence-corrected chi connectivity index (χ1v) is 9.83. The Hall–Kier alpha value is -3.05. The average Bonchev–Trinajstić information content (AvgIpc) is 3.14. The summed E-state index contributed by atoms with van der Waals surface area (Å²) < 4.78 is 14.4. The topological polar surface area (TPSA) is 116 Å². The number of hydrogen-bond acceptors (Lipinski definition) is 7. The van der Waals surface area contributed by atoms with Gasteiger partial charge in [0, 0.05) is 37.9 Å². The summed E-state index contributed by atoms with van der Waals surface area (Å²) in [4.78, 5) is 23.0. The van der Waals surface area contributed by atoms with Gasteiger partial charge < -0.3 is 20.4 Å². The van der Waals surface area contributed by atoms with Crippen LogP contribution in [0.2, 0.25) is 0 Å². The maximum Gasteiger partial charge on any atom is 0.256 e. The first kappa shape index (κ1) is 22.6. The largest absolute Gasteiger partial charge is 0.375 e. The third kappa shape index (κ3) is 6.22. The molecular formula is C20H24BFN6O3. The number of pyridine rings is 1. The van der Waals surface area contributed by atoms with E-state index in [0.29, 0.717) is 29.9 Å². The van der Waals surface area contributed by atoms with Crippen LogP contribution in [0.1, 0.15) is 35.8 Å². The summed E-state index contributed by atoms with van der Waals surface area (Å²) in [5, 5.41) is 25.6. The number of aliphatic hydroxyl groups is 2. The lowest BCUT2D eigenvalue weighted by atomic mass is 9.92. The summed E-state index contributed by atoms with van der Waals surface area (Å²) in [7, 11) is 6.92. The quantitative estimate of drug-likeness (QED) is 0.340. The second-order valence-electron chi connectivity index (χ2n) is 7.54. The number of nitrogens with one attached hydrogen (secondary N) is 1. The lowest BCUT2D eigenvalue weighted by Crippen LogP contribution is -2.34. The van der Waals surface area contributed by atoms with Gasteiger partial charge in [-0.1, -0.05) is 0 Å². The molecule has 1 atom stereocenters. The predicted octanol–water partition coefficient (Wildman–Crippen LogP) is 0.648. The summed E-state index contributed by atoms with van der Waals surface area (Å²) in [6.45, 7) is 2.12. The molecule has 11 heteroatoms. The Morgan fingerprint density at radius 1 is 1.35 bits per heavy atom. The molecule has 0 aromatic carbocycles. The van der Waals surface area contributed by atoms with Crippen molar-refractivity contribution in [3.05, 3.63) is 53.9 Å². The second kappa shape index (κ2) is 9.40. The molecule has 9 nitrogen and oxygen atoms in total. The van der Waals surface area contributed by atoms with Crippen molar-refractivity contribution in [2.24, 2.45) is 0 Å². The average molecular weight is 426 g/mol. The number of amides is 1. The van der Waals surface area contributed by atoms with E-state index >= 15 is 0 Å². The monoisotopic (exact) mass is 426 g/mol. The molecule has 1 amide bonds. The van der Waals surface area contributed by atoms with E-state index in [9.17, 15) is 19.4 Å². The maximum atomic E-state index is 13.0. The molecule has 3 heterocycles. The van der Waals surface area contributed by atoms with Crippen LogP contribution >= 0.6 is 0 Å². The van der Waals surface area contributed by atoms with Gasteiger partial charge >= 0.3 is 0 Å². The van der Waals surface area contributed by atoms with Gasteiger partial charge in [0.2, 0.25) is 0 Å². The highest BCUT2D eigenvalue weighted by atomic mass is 19.1. The summed E-state index contributed by atoms with van der Waals surface area (Å²) >= 11 is 0. The van der Waals surface area contributed by atoms with Gasteiger partial charge in [-0.15, -0.1) is 0 Å². The van der Waals surface area contributed by atoms with Crippen LogP contribution in [0.15, 0.2) is 36.8 Å². The number of aryl methyl sites for hydroxylation is 1. The number of nitrogens with zero attached hydrogens (tertiary/aromatic N) is 5. The van der Waals surface area contributed by atoms with Gasteiger partial charge in [-0.05, 0) is 38.0 Å².